The highest BCUT2D eigenvalue weighted by Crippen LogP contribution is 2.30. The lowest BCUT2D eigenvalue weighted by Gasteiger charge is -2.10. The first kappa shape index (κ1) is 23.1. The fourth-order valence-electron chi connectivity index (χ4n) is 3.29. The zero-order valence-corrected chi connectivity index (χ0v) is 18.0. The highest BCUT2D eigenvalue weighted by atomic mass is 16.6. The number of carboxylic acid groups (broad SMARTS) is 2. The fraction of sp³-hybridized carbons (Fsp3) is 0.0833. The summed E-state index contributed by atoms with van der Waals surface area (Å²) in [6, 6.07) is 17.7. The van der Waals surface area contributed by atoms with E-state index in [0.717, 1.165) is 10.8 Å². The van der Waals surface area contributed by atoms with Gasteiger partial charge in [0.2, 0.25) is 5.88 Å². The molecule has 1 heterocycles. The second kappa shape index (κ2) is 9.83. The maximum Gasteiger partial charge on any atom is 0.341 e. The quantitative estimate of drug-likeness (QED) is 0.269. The van der Waals surface area contributed by atoms with Gasteiger partial charge in [0.05, 0.1) is 10.6 Å². The molecule has 0 atom stereocenters. The third-order valence-corrected chi connectivity index (χ3v) is 4.83. The number of nitrogens with zero attached hydrogens (tertiary/aromatic N) is 3. The molecule has 11 nitrogen and oxygen atoms in total. The Morgan fingerprint density at radius 3 is 2.29 bits per heavy atom. The van der Waals surface area contributed by atoms with Crippen LogP contribution in [0.25, 0.3) is 33.4 Å². The molecule has 0 spiro atoms. The maximum absolute atomic E-state index is 11.2. The number of carbonyl (C=O) groups is 2. The van der Waals surface area contributed by atoms with E-state index < -0.39 is 30.1 Å². The van der Waals surface area contributed by atoms with Crippen LogP contribution >= 0.6 is 0 Å². The summed E-state index contributed by atoms with van der Waals surface area (Å²) in [6.45, 7) is -1.08. The van der Waals surface area contributed by atoms with Gasteiger partial charge < -0.3 is 19.7 Å². The predicted octanol–water partition coefficient (Wildman–Crippen LogP) is 3.80. The van der Waals surface area contributed by atoms with Crippen LogP contribution in [-0.2, 0) is 9.59 Å². The molecule has 11 heteroatoms. The van der Waals surface area contributed by atoms with Crippen LogP contribution < -0.4 is 9.47 Å². The predicted molar refractivity (Wildman–Crippen MR) is 123 cm³/mol. The smallest absolute Gasteiger partial charge is 0.341 e. The van der Waals surface area contributed by atoms with E-state index in [9.17, 15) is 19.7 Å². The summed E-state index contributed by atoms with van der Waals surface area (Å²) in [5.74, 6) is -1.64. The first-order chi connectivity index (χ1) is 16.8. The minimum absolute atomic E-state index is 0.00331. The molecule has 0 aliphatic rings. The molecule has 4 aromatic rings. The third-order valence-electron chi connectivity index (χ3n) is 4.83. The molecular weight excluding hydrogens is 458 g/mol. The molecule has 0 saturated heterocycles. The fourth-order valence-corrected chi connectivity index (χ4v) is 3.29. The molecule has 0 radical (unpaired) electrons. The summed E-state index contributed by atoms with van der Waals surface area (Å²) in [5.41, 5.74) is 1.21. The van der Waals surface area contributed by atoms with Crippen LogP contribution in [0.2, 0.25) is 0 Å². The number of rotatable bonds is 9. The van der Waals surface area contributed by atoms with Gasteiger partial charge >= 0.3 is 11.9 Å². The molecule has 0 amide bonds. The average molecular weight is 475 g/mol. The highest BCUT2D eigenvalue weighted by Gasteiger charge is 2.14. The Balaban J connectivity index is 1.75. The van der Waals surface area contributed by atoms with Gasteiger partial charge in [-0.25, -0.2) is 14.6 Å². The molecule has 0 aliphatic heterocycles. The van der Waals surface area contributed by atoms with Gasteiger partial charge in [-0.3, -0.25) is 10.1 Å². The molecule has 0 bridgehead atoms. The number of hydrogen-bond acceptors (Lipinski definition) is 8. The molecule has 35 heavy (non-hydrogen) atoms. The van der Waals surface area contributed by atoms with E-state index in [2.05, 4.69) is 9.97 Å². The summed E-state index contributed by atoms with van der Waals surface area (Å²) < 4.78 is 10.5. The molecule has 176 valence electrons. The SMILES string of the molecule is O=C(O)COc1ccc2cc(-c3nc(OCC(=O)O)cc(-c4cccc([N+](=O)[O-])c4)n3)ccc2c1. The van der Waals surface area contributed by atoms with Crippen molar-refractivity contribution in [3.05, 3.63) is 76.8 Å². The van der Waals surface area contributed by atoms with E-state index in [1.807, 2.05) is 0 Å². The number of hydrogen-bond donors (Lipinski definition) is 2. The van der Waals surface area contributed by atoms with Crippen molar-refractivity contribution in [3.8, 4) is 34.3 Å². The largest absolute Gasteiger partial charge is 0.482 e. The molecule has 1 aromatic heterocycles. The lowest BCUT2D eigenvalue weighted by molar-refractivity contribution is -0.384. The van der Waals surface area contributed by atoms with Gasteiger partial charge in [-0.05, 0) is 29.0 Å². The van der Waals surface area contributed by atoms with E-state index in [1.165, 1.54) is 24.3 Å². The van der Waals surface area contributed by atoms with Crippen LogP contribution in [0.3, 0.4) is 0 Å². The molecule has 0 aliphatic carbocycles. The maximum atomic E-state index is 11.2. The summed E-state index contributed by atoms with van der Waals surface area (Å²) in [6.07, 6.45) is 0. The van der Waals surface area contributed by atoms with E-state index in [4.69, 9.17) is 19.7 Å². The Hall–Kier alpha value is -5.06. The van der Waals surface area contributed by atoms with Crippen LogP contribution in [0.15, 0.2) is 66.7 Å². The Kier molecular flexibility index (Phi) is 6.49. The van der Waals surface area contributed by atoms with Gasteiger partial charge in [0, 0.05) is 29.3 Å². The minimum Gasteiger partial charge on any atom is -0.482 e. The van der Waals surface area contributed by atoms with Crippen LogP contribution in [0.1, 0.15) is 0 Å². The Bertz CT molecular complexity index is 1450. The van der Waals surface area contributed by atoms with Crippen molar-refractivity contribution in [2.45, 2.75) is 0 Å². The Morgan fingerprint density at radius 2 is 1.54 bits per heavy atom. The van der Waals surface area contributed by atoms with E-state index in [0.29, 0.717) is 22.6 Å². The van der Waals surface area contributed by atoms with Gasteiger partial charge in [-0.2, -0.15) is 4.98 Å². The van der Waals surface area contributed by atoms with Gasteiger partial charge in [0.1, 0.15) is 5.75 Å². The lowest BCUT2D eigenvalue weighted by atomic mass is 10.1. The van der Waals surface area contributed by atoms with Crippen molar-refractivity contribution in [2.24, 2.45) is 0 Å². The number of carboxylic acids is 2. The molecule has 3 aromatic carbocycles. The number of nitro groups is 1. The summed E-state index contributed by atoms with van der Waals surface area (Å²) in [7, 11) is 0. The van der Waals surface area contributed by atoms with Crippen molar-refractivity contribution in [1.82, 2.24) is 9.97 Å². The number of benzene rings is 3. The van der Waals surface area contributed by atoms with Gasteiger partial charge in [0.15, 0.2) is 19.0 Å². The van der Waals surface area contributed by atoms with Crippen molar-refractivity contribution < 1.29 is 34.2 Å². The number of aromatic nitrogens is 2. The van der Waals surface area contributed by atoms with Crippen molar-refractivity contribution in [3.63, 3.8) is 0 Å². The van der Waals surface area contributed by atoms with Crippen LogP contribution in [0.5, 0.6) is 11.6 Å². The van der Waals surface area contributed by atoms with Crippen LogP contribution in [-0.4, -0.2) is 50.3 Å². The zero-order valence-electron chi connectivity index (χ0n) is 18.0. The van der Waals surface area contributed by atoms with Gasteiger partial charge in [-0.1, -0.05) is 30.3 Å². The normalized spacial score (nSPS) is 10.6. The molecule has 2 N–H and O–H groups in total. The number of non-ortho nitro benzene ring substituents is 1. The lowest BCUT2D eigenvalue weighted by Crippen LogP contribution is -2.11. The first-order valence-electron chi connectivity index (χ1n) is 10.2. The van der Waals surface area contributed by atoms with Gasteiger partial charge in [0.25, 0.3) is 5.69 Å². The van der Waals surface area contributed by atoms with Crippen LogP contribution in [0, 0.1) is 10.1 Å². The van der Waals surface area contributed by atoms with Crippen molar-refractivity contribution in [1.29, 1.82) is 0 Å². The minimum atomic E-state index is -1.19. The van der Waals surface area contributed by atoms with Crippen LogP contribution in [0.4, 0.5) is 5.69 Å². The second-order valence-electron chi connectivity index (χ2n) is 7.31. The van der Waals surface area contributed by atoms with E-state index >= 15 is 0 Å². The second-order valence-corrected chi connectivity index (χ2v) is 7.31. The molecule has 0 fully saturated rings. The summed E-state index contributed by atoms with van der Waals surface area (Å²) in [4.78, 5) is 41.2. The average Bonchev–Trinajstić information content (AvgIpc) is 2.85. The first-order valence-corrected chi connectivity index (χ1v) is 10.2. The molecular formula is C24H17N3O8. The number of nitro benzene ring substituents is 1. The summed E-state index contributed by atoms with van der Waals surface area (Å²) in [5, 5.41) is 30.5. The molecule has 0 unspecified atom stereocenters. The number of aliphatic carboxylic acids is 2. The van der Waals surface area contributed by atoms with Gasteiger partial charge in [-0.15, -0.1) is 0 Å². The monoisotopic (exact) mass is 475 g/mol. The zero-order chi connectivity index (χ0) is 24.9. The Morgan fingerprint density at radius 1 is 0.829 bits per heavy atom. The Labute approximate surface area is 197 Å². The number of ether oxygens (including phenoxy) is 2. The van der Waals surface area contributed by atoms with E-state index in [-0.39, 0.29) is 17.4 Å². The van der Waals surface area contributed by atoms with E-state index in [1.54, 1.807) is 42.5 Å². The molecule has 4 rings (SSSR count). The highest BCUT2D eigenvalue weighted by molar-refractivity contribution is 5.88. The topological polar surface area (TPSA) is 162 Å². The van der Waals surface area contributed by atoms with Crippen molar-refractivity contribution in [2.75, 3.05) is 13.2 Å². The molecule has 0 saturated carbocycles. The summed E-state index contributed by atoms with van der Waals surface area (Å²) >= 11 is 0. The van der Waals surface area contributed by atoms with Crippen molar-refractivity contribution >= 4 is 28.4 Å². The third kappa shape index (κ3) is 5.66. The number of fused-ring (bicyclic) bond motifs is 1. The standard InChI is InChI=1S/C24H17N3O8/c28-22(29)12-34-19-7-6-14-8-17(5-4-15(14)10-19)24-25-20(11-21(26-24)35-13-23(30)31)16-2-1-3-18(9-16)27(32)33/h1-11H,12-13H2,(H,28,29)(H,30,31).